The summed E-state index contributed by atoms with van der Waals surface area (Å²) < 4.78 is 19.1. The number of anilines is 1. The van der Waals surface area contributed by atoms with Gasteiger partial charge in [-0.1, -0.05) is 13.8 Å². The average Bonchev–Trinajstić information content (AvgIpc) is 3.38. The third kappa shape index (κ3) is 9.16. The second kappa shape index (κ2) is 16.0. The molecule has 2 atom stereocenters. The molecule has 3 rings (SSSR count). The fraction of sp³-hybridized carbons (Fsp3) is 0.667. The first-order chi connectivity index (χ1) is 17.6. The van der Waals surface area contributed by atoms with Crippen molar-refractivity contribution < 1.29 is 9.13 Å². The molecular weight excluding hydrogens is 475 g/mol. The van der Waals surface area contributed by atoms with Gasteiger partial charge in [0.25, 0.3) is 0 Å². The van der Waals surface area contributed by atoms with Gasteiger partial charge in [-0.3, -0.25) is 4.99 Å². The van der Waals surface area contributed by atoms with E-state index in [0.717, 1.165) is 86.7 Å². The van der Waals surface area contributed by atoms with E-state index in [1.165, 1.54) is 0 Å². The number of nitrogens with one attached hydrogen (secondary N) is 1. The number of hydrogen-bond acceptors (Lipinski definition) is 8. The van der Waals surface area contributed by atoms with Crippen LogP contribution in [0.5, 0.6) is 0 Å². The van der Waals surface area contributed by atoms with Crippen molar-refractivity contribution in [2.24, 2.45) is 9.98 Å². The molecule has 1 aromatic rings. The lowest BCUT2D eigenvalue weighted by atomic mass is 10.2. The summed E-state index contributed by atoms with van der Waals surface area (Å²) in [5.41, 5.74) is 0.999. The van der Waals surface area contributed by atoms with Crippen LogP contribution in [-0.2, 0) is 4.74 Å². The van der Waals surface area contributed by atoms with Gasteiger partial charge >= 0.3 is 0 Å². The van der Waals surface area contributed by atoms with Crippen LogP contribution in [0.3, 0.4) is 0 Å². The zero-order chi connectivity index (χ0) is 25.6. The van der Waals surface area contributed by atoms with E-state index in [2.05, 4.69) is 35.1 Å². The number of aliphatic imine (C=N–C) groups is 2. The number of aromatic nitrogens is 1. The smallest absolute Gasteiger partial charge is 0.128 e. The first-order valence-electron chi connectivity index (χ1n) is 13.5. The zero-order valence-corrected chi connectivity index (χ0v) is 23.0. The molecule has 36 heavy (non-hydrogen) atoms. The van der Waals surface area contributed by atoms with E-state index in [1.807, 2.05) is 36.4 Å². The Morgan fingerprint density at radius 3 is 2.86 bits per heavy atom. The normalized spacial score (nSPS) is 21.7. The molecular formula is C27H43FN6OS. The standard InChI is InChI=1S/C27H43FN6OS/c1-4-15-33(16-7-12-29-24(5-2)21-35-6-3)26-11-18-36-27(31-14-13-30-26)22-8-9-25(32-19-22)34-17-10-23(28)20-34/h8-9,11,13,19,23-24,29H,4-7,10,12,14-18,20-21H2,1-3H3/b26-11+,30-13-,31-27?. The second-order valence-electron chi connectivity index (χ2n) is 9.13. The van der Waals surface area contributed by atoms with Crippen LogP contribution in [0, 0.1) is 0 Å². The maximum atomic E-state index is 13.5. The summed E-state index contributed by atoms with van der Waals surface area (Å²) in [5, 5.41) is 4.59. The van der Waals surface area contributed by atoms with Crippen molar-refractivity contribution in [1.29, 1.82) is 0 Å². The summed E-state index contributed by atoms with van der Waals surface area (Å²) >= 11 is 1.71. The summed E-state index contributed by atoms with van der Waals surface area (Å²) in [6.07, 6.45) is 9.01. The van der Waals surface area contributed by atoms with E-state index in [0.29, 0.717) is 25.6 Å². The highest BCUT2D eigenvalue weighted by Crippen LogP contribution is 2.22. The summed E-state index contributed by atoms with van der Waals surface area (Å²) in [7, 11) is 0. The number of ether oxygens (including phenoxy) is 1. The van der Waals surface area contributed by atoms with Gasteiger partial charge < -0.3 is 19.9 Å². The Bertz CT molecular complexity index is 862. The molecule has 2 aliphatic heterocycles. The Labute approximate surface area is 220 Å². The fourth-order valence-electron chi connectivity index (χ4n) is 4.33. The minimum atomic E-state index is -0.752. The summed E-state index contributed by atoms with van der Waals surface area (Å²) in [6.45, 7) is 12.6. The van der Waals surface area contributed by atoms with Gasteiger partial charge in [-0.25, -0.2) is 14.4 Å². The molecule has 9 heteroatoms. The van der Waals surface area contributed by atoms with Gasteiger partial charge in [-0.15, -0.1) is 11.8 Å². The lowest BCUT2D eigenvalue weighted by Gasteiger charge is -2.25. The minimum Gasteiger partial charge on any atom is -0.380 e. The summed E-state index contributed by atoms with van der Waals surface area (Å²) in [5.74, 6) is 2.67. The highest BCUT2D eigenvalue weighted by atomic mass is 32.2. The SMILES string of the molecule is CCCN(CCCNC(CC)COCC)C1=C/CSC(c2ccc(N3CCC(F)C3)nc2)=NC/C=N\1. The molecule has 0 saturated carbocycles. The molecule has 0 aromatic carbocycles. The van der Waals surface area contributed by atoms with Crippen molar-refractivity contribution in [3.05, 3.63) is 35.8 Å². The van der Waals surface area contributed by atoms with E-state index in [1.54, 1.807) is 11.8 Å². The number of halogens is 1. The monoisotopic (exact) mass is 518 g/mol. The van der Waals surface area contributed by atoms with Crippen molar-refractivity contribution in [3.63, 3.8) is 0 Å². The van der Waals surface area contributed by atoms with E-state index in [4.69, 9.17) is 14.7 Å². The van der Waals surface area contributed by atoms with E-state index in [-0.39, 0.29) is 0 Å². The molecule has 2 unspecified atom stereocenters. The molecule has 0 spiro atoms. The maximum absolute atomic E-state index is 13.5. The predicted octanol–water partition coefficient (Wildman–Crippen LogP) is 4.54. The molecule has 1 saturated heterocycles. The molecule has 200 valence electrons. The van der Waals surface area contributed by atoms with Crippen LogP contribution >= 0.6 is 11.8 Å². The highest BCUT2D eigenvalue weighted by molar-refractivity contribution is 8.14. The number of alkyl halides is 1. The van der Waals surface area contributed by atoms with Crippen molar-refractivity contribution in [3.8, 4) is 0 Å². The Hall–Kier alpha value is -1.97. The summed E-state index contributed by atoms with van der Waals surface area (Å²) in [4.78, 5) is 18.5. The Morgan fingerprint density at radius 2 is 2.17 bits per heavy atom. The number of hydrogen-bond donors (Lipinski definition) is 1. The van der Waals surface area contributed by atoms with Crippen molar-refractivity contribution in [2.45, 2.75) is 58.7 Å². The van der Waals surface area contributed by atoms with Crippen molar-refractivity contribution in [1.82, 2.24) is 15.2 Å². The first-order valence-corrected chi connectivity index (χ1v) is 14.4. The van der Waals surface area contributed by atoms with Gasteiger partial charge in [-0.2, -0.15) is 0 Å². The first kappa shape index (κ1) is 28.6. The molecule has 3 heterocycles. The van der Waals surface area contributed by atoms with Crippen molar-refractivity contribution in [2.75, 3.05) is 63.1 Å². The molecule has 0 radical (unpaired) electrons. The molecule has 1 aromatic heterocycles. The van der Waals surface area contributed by atoms with Gasteiger partial charge in [-0.05, 0) is 57.4 Å². The van der Waals surface area contributed by atoms with E-state index >= 15 is 0 Å². The molecule has 2 aliphatic rings. The number of nitrogens with zero attached hydrogens (tertiary/aromatic N) is 5. The molecule has 0 amide bonds. The largest absolute Gasteiger partial charge is 0.380 e. The van der Waals surface area contributed by atoms with E-state index in [9.17, 15) is 4.39 Å². The Morgan fingerprint density at radius 1 is 1.28 bits per heavy atom. The molecule has 1 N–H and O–H groups in total. The van der Waals surface area contributed by atoms with Crippen LogP contribution in [0.1, 0.15) is 52.0 Å². The number of pyridine rings is 1. The predicted molar refractivity (Wildman–Crippen MR) is 151 cm³/mol. The molecule has 1 fully saturated rings. The van der Waals surface area contributed by atoms with Gasteiger partial charge in [0, 0.05) is 56.0 Å². The highest BCUT2D eigenvalue weighted by Gasteiger charge is 2.22. The van der Waals surface area contributed by atoms with Gasteiger partial charge in [0.1, 0.15) is 17.8 Å². The third-order valence-electron chi connectivity index (χ3n) is 6.35. The zero-order valence-electron chi connectivity index (χ0n) is 22.2. The topological polar surface area (TPSA) is 65.3 Å². The van der Waals surface area contributed by atoms with Gasteiger partial charge in [0.2, 0.25) is 0 Å². The van der Waals surface area contributed by atoms with Crippen LogP contribution in [0.4, 0.5) is 10.2 Å². The van der Waals surface area contributed by atoms with Crippen LogP contribution < -0.4 is 10.2 Å². The Balaban J connectivity index is 1.53. The second-order valence-corrected chi connectivity index (χ2v) is 10.1. The molecule has 7 nitrogen and oxygen atoms in total. The van der Waals surface area contributed by atoms with Crippen molar-refractivity contribution >= 4 is 28.8 Å². The fourth-order valence-corrected chi connectivity index (χ4v) is 5.17. The van der Waals surface area contributed by atoms with Crippen LogP contribution in [0.25, 0.3) is 0 Å². The third-order valence-corrected chi connectivity index (χ3v) is 7.32. The lowest BCUT2D eigenvalue weighted by molar-refractivity contribution is 0.121. The molecule has 0 bridgehead atoms. The van der Waals surface area contributed by atoms with Crippen LogP contribution in [0.15, 0.2) is 40.2 Å². The summed E-state index contributed by atoms with van der Waals surface area (Å²) in [6, 6.07) is 4.44. The maximum Gasteiger partial charge on any atom is 0.128 e. The Kier molecular flexibility index (Phi) is 12.7. The number of rotatable bonds is 14. The average molecular weight is 519 g/mol. The number of thioether (sulfide) groups is 1. The van der Waals surface area contributed by atoms with E-state index < -0.39 is 6.17 Å². The lowest BCUT2D eigenvalue weighted by Crippen LogP contribution is -2.35. The van der Waals surface area contributed by atoms with Crippen LogP contribution in [-0.4, -0.2) is 91.6 Å². The quantitative estimate of drug-likeness (QED) is 0.365. The van der Waals surface area contributed by atoms with Gasteiger partial charge in [0.15, 0.2) is 0 Å². The van der Waals surface area contributed by atoms with Crippen LogP contribution in [0.2, 0.25) is 0 Å². The minimum absolute atomic E-state index is 0.415. The van der Waals surface area contributed by atoms with Gasteiger partial charge in [0.05, 0.1) is 24.7 Å². The molecule has 0 aliphatic carbocycles.